The SMILES string of the molecule is CCOC(=O)C1=c2c(=Cc3cccnc3)c(N)c(C#N)n2C(=O)C(c2cccnc2)S1. The van der Waals surface area contributed by atoms with Gasteiger partial charge in [0.1, 0.15) is 16.2 Å². The molecule has 0 radical (unpaired) electrons. The molecule has 0 fully saturated rings. The summed E-state index contributed by atoms with van der Waals surface area (Å²) in [5, 5.41) is 9.67. The lowest BCUT2D eigenvalue weighted by molar-refractivity contribution is -0.135. The number of carbonyl (C=O) groups is 2. The Bertz CT molecular complexity index is 1330. The van der Waals surface area contributed by atoms with Crippen molar-refractivity contribution in [2.24, 2.45) is 0 Å². The van der Waals surface area contributed by atoms with Crippen molar-refractivity contribution in [1.29, 1.82) is 5.26 Å². The normalized spacial score (nSPS) is 16.0. The summed E-state index contributed by atoms with van der Waals surface area (Å²) in [7, 11) is 0. The van der Waals surface area contributed by atoms with Gasteiger partial charge in [-0.3, -0.25) is 19.3 Å². The number of thioether (sulfide) groups is 1. The summed E-state index contributed by atoms with van der Waals surface area (Å²) in [4.78, 5) is 34.7. The highest BCUT2D eigenvalue weighted by Crippen LogP contribution is 2.39. The van der Waals surface area contributed by atoms with Crippen molar-refractivity contribution >= 4 is 40.3 Å². The first-order chi connectivity index (χ1) is 15.1. The van der Waals surface area contributed by atoms with Gasteiger partial charge in [-0.05, 0) is 36.3 Å². The first-order valence-electron chi connectivity index (χ1n) is 9.41. The largest absolute Gasteiger partial charge is 0.462 e. The number of ether oxygens (including phenoxy) is 1. The van der Waals surface area contributed by atoms with Crippen molar-refractivity contribution < 1.29 is 14.3 Å². The molecule has 1 unspecified atom stereocenters. The molecule has 0 spiro atoms. The second-order valence-electron chi connectivity index (χ2n) is 6.57. The maximum Gasteiger partial charge on any atom is 0.346 e. The molecule has 1 atom stereocenters. The second kappa shape index (κ2) is 8.45. The fourth-order valence-corrected chi connectivity index (χ4v) is 4.55. The Morgan fingerprint density at radius 3 is 2.68 bits per heavy atom. The number of fused-ring (bicyclic) bond motifs is 1. The molecule has 0 bridgehead atoms. The van der Waals surface area contributed by atoms with Crippen LogP contribution >= 0.6 is 11.8 Å². The van der Waals surface area contributed by atoms with E-state index in [1.54, 1.807) is 56.0 Å². The molecule has 0 saturated carbocycles. The second-order valence-corrected chi connectivity index (χ2v) is 7.69. The molecule has 154 valence electrons. The number of hydrogen-bond donors (Lipinski definition) is 1. The van der Waals surface area contributed by atoms with Crippen LogP contribution in [0.3, 0.4) is 0 Å². The summed E-state index contributed by atoms with van der Waals surface area (Å²) >= 11 is 1.07. The van der Waals surface area contributed by atoms with Crippen molar-refractivity contribution in [2.75, 3.05) is 12.3 Å². The third kappa shape index (κ3) is 3.58. The zero-order valence-corrected chi connectivity index (χ0v) is 17.3. The van der Waals surface area contributed by atoms with Crippen LogP contribution in [-0.2, 0) is 9.53 Å². The predicted octanol–water partition coefficient (Wildman–Crippen LogP) is 1.36. The molecule has 1 aliphatic heterocycles. The number of pyridine rings is 2. The van der Waals surface area contributed by atoms with Crippen LogP contribution in [0.15, 0.2) is 49.1 Å². The summed E-state index contributed by atoms with van der Waals surface area (Å²) in [6, 6.07) is 9.03. The van der Waals surface area contributed by atoms with E-state index in [9.17, 15) is 14.9 Å². The van der Waals surface area contributed by atoms with Crippen LogP contribution in [-0.4, -0.2) is 33.0 Å². The summed E-state index contributed by atoms with van der Waals surface area (Å²) in [5.41, 5.74) is 7.70. The third-order valence-electron chi connectivity index (χ3n) is 4.69. The lowest BCUT2D eigenvalue weighted by Crippen LogP contribution is -2.42. The lowest BCUT2D eigenvalue weighted by Gasteiger charge is -2.22. The Kier molecular flexibility index (Phi) is 5.56. The number of rotatable bonds is 4. The molecule has 2 N–H and O–H groups in total. The number of nitrogen functional groups attached to an aromatic ring is 1. The molecule has 31 heavy (non-hydrogen) atoms. The molecule has 0 aromatic carbocycles. The van der Waals surface area contributed by atoms with Crippen LogP contribution in [0, 0.1) is 11.3 Å². The van der Waals surface area contributed by atoms with Crippen LogP contribution in [0.1, 0.15) is 33.8 Å². The van der Waals surface area contributed by atoms with Crippen molar-refractivity contribution in [1.82, 2.24) is 14.5 Å². The lowest BCUT2D eigenvalue weighted by atomic mass is 10.2. The van der Waals surface area contributed by atoms with E-state index in [-0.39, 0.29) is 34.1 Å². The van der Waals surface area contributed by atoms with Crippen LogP contribution in [0.25, 0.3) is 11.0 Å². The van der Waals surface area contributed by atoms with Crippen LogP contribution < -0.4 is 16.3 Å². The van der Waals surface area contributed by atoms with E-state index in [2.05, 4.69) is 9.97 Å². The van der Waals surface area contributed by atoms with Gasteiger partial charge in [0, 0.05) is 30.0 Å². The molecule has 0 amide bonds. The van der Waals surface area contributed by atoms with E-state index >= 15 is 0 Å². The Labute approximate surface area is 181 Å². The van der Waals surface area contributed by atoms with Crippen LogP contribution in [0.5, 0.6) is 0 Å². The standard InChI is InChI=1S/C22H17N5O3S/c1-2-30-22(29)20-18-15(9-13-5-3-7-25-11-13)17(24)16(10-23)27(18)21(28)19(31-20)14-6-4-8-26-12-14/h3-9,11-12,19H,2,24H2,1H3. The molecule has 4 rings (SSSR count). The van der Waals surface area contributed by atoms with Crippen molar-refractivity contribution in [3.05, 3.63) is 76.4 Å². The molecule has 9 heteroatoms. The van der Waals surface area contributed by atoms with Crippen molar-refractivity contribution in [3.63, 3.8) is 0 Å². The zero-order chi connectivity index (χ0) is 22.0. The van der Waals surface area contributed by atoms with Gasteiger partial charge in [-0.1, -0.05) is 23.9 Å². The first-order valence-corrected chi connectivity index (χ1v) is 10.3. The Morgan fingerprint density at radius 2 is 2.06 bits per heavy atom. The monoisotopic (exact) mass is 431 g/mol. The fourth-order valence-electron chi connectivity index (χ4n) is 3.36. The summed E-state index contributed by atoms with van der Waals surface area (Å²) < 4.78 is 6.48. The minimum atomic E-state index is -0.772. The third-order valence-corrected chi connectivity index (χ3v) is 6.00. The topological polar surface area (TPSA) is 124 Å². The van der Waals surface area contributed by atoms with Gasteiger partial charge in [0.05, 0.1) is 17.6 Å². The van der Waals surface area contributed by atoms with E-state index in [1.807, 2.05) is 12.1 Å². The molecular formula is C22H17N5O3S. The van der Waals surface area contributed by atoms with Gasteiger partial charge in [0.15, 0.2) is 5.69 Å². The van der Waals surface area contributed by atoms with Crippen molar-refractivity contribution in [2.45, 2.75) is 12.2 Å². The predicted molar refractivity (Wildman–Crippen MR) is 116 cm³/mol. The molecule has 0 aliphatic carbocycles. The van der Waals surface area contributed by atoms with E-state index in [0.29, 0.717) is 16.3 Å². The smallest absolute Gasteiger partial charge is 0.346 e. The van der Waals surface area contributed by atoms with Gasteiger partial charge in [-0.2, -0.15) is 5.26 Å². The number of nitrogens with two attached hydrogens (primary N) is 1. The summed E-state index contributed by atoms with van der Waals surface area (Å²) in [5.74, 6) is -0.965. The molecule has 3 aromatic heterocycles. The molecular weight excluding hydrogens is 414 g/mol. The number of nitriles is 1. The van der Waals surface area contributed by atoms with Gasteiger partial charge < -0.3 is 10.5 Å². The van der Waals surface area contributed by atoms with E-state index in [1.165, 1.54) is 4.57 Å². The molecule has 3 aromatic rings. The van der Waals surface area contributed by atoms with Crippen molar-refractivity contribution in [3.8, 4) is 6.07 Å². The first kappa shape index (κ1) is 20.4. The average Bonchev–Trinajstić information content (AvgIpc) is 3.07. The van der Waals surface area contributed by atoms with Gasteiger partial charge in [-0.15, -0.1) is 0 Å². The number of anilines is 1. The molecule has 4 heterocycles. The maximum atomic E-state index is 13.5. The summed E-state index contributed by atoms with van der Waals surface area (Å²) in [6.07, 6.45) is 8.11. The average molecular weight is 431 g/mol. The maximum absolute atomic E-state index is 13.5. The molecule has 0 saturated heterocycles. The van der Waals surface area contributed by atoms with E-state index in [0.717, 1.165) is 11.8 Å². The Balaban J connectivity index is 2.07. The minimum Gasteiger partial charge on any atom is -0.462 e. The van der Waals surface area contributed by atoms with Gasteiger partial charge in [0.2, 0.25) is 5.91 Å². The van der Waals surface area contributed by atoms with E-state index < -0.39 is 11.2 Å². The van der Waals surface area contributed by atoms with Crippen LogP contribution in [0.4, 0.5) is 5.69 Å². The highest BCUT2D eigenvalue weighted by molar-refractivity contribution is 8.10. The zero-order valence-electron chi connectivity index (χ0n) is 16.5. The highest BCUT2D eigenvalue weighted by Gasteiger charge is 2.36. The minimum absolute atomic E-state index is 0.0221. The number of nitrogens with zero attached hydrogens (tertiary/aromatic N) is 4. The number of aromatic nitrogens is 3. The fraction of sp³-hybridized carbons (Fsp3) is 0.136. The summed E-state index contributed by atoms with van der Waals surface area (Å²) in [6.45, 7) is 1.86. The van der Waals surface area contributed by atoms with Gasteiger partial charge >= 0.3 is 5.97 Å². The number of esters is 1. The Morgan fingerprint density at radius 1 is 1.32 bits per heavy atom. The van der Waals surface area contributed by atoms with Gasteiger partial charge in [0.25, 0.3) is 0 Å². The number of carbonyl (C=O) groups excluding carboxylic acids is 2. The Hall–Kier alpha value is -3.90. The van der Waals surface area contributed by atoms with E-state index in [4.69, 9.17) is 10.5 Å². The van der Waals surface area contributed by atoms with Gasteiger partial charge in [-0.25, -0.2) is 4.79 Å². The van der Waals surface area contributed by atoms with Crippen LogP contribution in [0.2, 0.25) is 0 Å². The molecule has 8 nitrogen and oxygen atoms in total. The quantitative estimate of drug-likeness (QED) is 0.614. The molecule has 1 aliphatic rings. The number of hydrogen-bond acceptors (Lipinski definition) is 8. The highest BCUT2D eigenvalue weighted by atomic mass is 32.2.